The van der Waals surface area contributed by atoms with E-state index in [0.717, 1.165) is 0 Å². The van der Waals surface area contributed by atoms with Crippen molar-refractivity contribution >= 4 is 11.8 Å². The number of aliphatic hydroxyl groups excluding tert-OH is 3. The minimum Gasteiger partial charge on any atom is -0.484 e. The van der Waals surface area contributed by atoms with Crippen LogP contribution < -0.4 is 10.1 Å². The monoisotopic (exact) mass is 337 g/mol. The summed E-state index contributed by atoms with van der Waals surface area (Å²) < 4.78 is 10.8. The van der Waals surface area contributed by atoms with Gasteiger partial charge >= 0.3 is 0 Å². The molecule has 0 bridgehead atoms. The first-order chi connectivity index (χ1) is 11.5. The van der Waals surface area contributed by atoms with Gasteiger partial charge < -0.3 is 30.1 Å². The Balaban J connectivity index is 2.21. The maximum Gasteiger partial charge on any atom is 0.257 e. The highest BCUT2D eigenvalue weighted by Gasteiger charge is 2.42. The van der Waals surface area contributed by atoms with Crippen LogP contribution in [0.1, 0.15) is 11.7 Å². The molecule has 130 valence electrons. The molecule has 1 heterocycles. The molecule has 4 atom stereocenters. The van der Waals surface area contributed by atoms with Crippen molar-refractivity contribution < 1.29 is 34.4 Å². The van der Waals surface area contributed by atoms with Gasteiger partial charge in [-0.05, 0) is 17.7 Å². The molecule has 1 aliphatic heterocycles. The molecule has 1 aromatic carbocycles. The van der Waals surface area contributed by atoms with Gasteiger partial charge in [-0.25, -0.2) is 4.79 Å². The molecular weight excluding hydrogens is 318 g/mol. The van der Waals surface area contributed by atoms with Gasteiger partial charge in [-0.15, -0.1) is 0 Å². The second-order valence-electron chi connectivity index (χ2n) is 5.26. The Hall–Kier alpha value is -2.22. The lowest BCUT2D eigenvalue weighted by Crippen LogP contribution is -2.47. The molecule has 8 heteroatoms. The number of hydrogen-bond acceptors (Lipinski definition) is 7. The molecule has 0 spiro atoms. The zero-order valence-corrected chi connectivity index (χ0v) is 13.0. The molecule has 1 fully saturated rings. The first-order valence-electron chi connectivity index (χ1n) is 7.32. The fraction of sp³-hybridized carbons (Fsp3) is 0.438. The summed E-state index contributed by atoms with van der Waals surface area (Å²) in [5.74, 6) is 1.58. The van der Waals surface area contributed by atoms with Crippen LogP contribution in [0, 0.1) is 0 Å². The van der Waals surface area contributed by atoms with E-state index in [1.807, 2.05) is 0 Å². The highest BCUT2D eigenvalue weighted by Crippen LogP contribution is 2.35. The van der Waals surface area contributed by atoms with Crippen LogP contribution in [0.25, 0.3) is 0 Å². The van der Waals surface area contributed by atoms with Crippen LogP contribution in [0.2, 0.25) is 0 Å². The van der Waals surface area contributed by atoms with E-state index in [2.05, 4.69) is 5.32 Å². The molecule has 1 amide bonds. The van der Waals surface area contributed by atoms with Crippen molar-refractivity contribution in [1.29, 1.82) is 0 Å². The summed E-state index contributed by atoms with van der Waals surface area (Å²) in [4.78, 5) is 22.1. The first kappa shape index (κ1) is 18.1. The molecule has 4 unspecified atom stereocenters. The summed E-state index contributed by atoms with van der Waals surface area (Å²) in [5.41, 5.74) is 0.243. The van der Waals surface area contributed by atoms with Crippen LogP contribution in [0.3, 0.4) is 0 Å². The van der Waals surface area contributed by atoms with E-state index >= 15 is 0 Å². The summed E-state index contributed by atoms with van der Waals surface area (Å²) in [7, 11) is 1.49. The quantitative estimate of drug-likeness (QED) is 0.493. The maximum absolute atomic E-state index is 11.2. The van der Waals surface area contributed by atoms with E-state index in [-0.39, 0.29) is 18.1 Å². The second-order valence-corrected chi connectivity index (χ2v) is 5.26. The number of rotatable bonds is 5. The lowest BCUT2D eigenvalue weighted by molar-refractivity contribution is -0.147. The largest absolute Gasteiger partial charge is 0.484 e. The standard InChI is InChI=1S/C16H19NO7/c1-17-13(20)8-23-10-4-2-3-9(5-10)16-15(22)14(21)11(6-18)12(7-19)24-16/h2-5,12,14-16,19,21-22H,7-8H2,1H3,(H,17,20). The molecule has 1 saturated heterocycles. The molecule has 0 saturated carbocycles. The van der Waals surface area contributed by atoms with Crippen molar-refractivity contribution in [2.45, 2.75) is 24.4 Å². The van der Waals surface area contributed by atoms with Crippen molar-refractivity contribution in [3.63, 3.8) is 0 Å². The SMILES string of the molecule is CNC(=O)COc1cccc(C2OC(CO)C(=C=O)C(O)C2O)c1. The maximum atomic E-state index is 11.2. The van der Waals surface area contributed by atoms with Gasteiger partial charge in [0.2, 0.25) is 0 Å². The molecule has 2 rings (SSSR count). The van der Waals surface area contributed by atoms with Crippen molar-refractivity contribution in [2.24, 2.45) is 0 Å². The van der Waals surface area contributed by atoms with Crippen LogP contribution in [0.5, 0.6) is 5.75 Å². The molecule has 4 N–H and O–H groups in total. The van der Waals surface area contributed by atoms with Crippen LogP contribution in [-0.4, -0.2) is 65.7 Å². The van der Waals surface area contributed by atoms with Gasteiger partial charge in [0.05, 0.1) is 12.2 Å². The summed E-state index contributed by atoms with van der Waals surface area (Å²) >= 11 is 0. The van der Waals surface area contributed by atoms with E-state index in [4.69, 9.17) is 9.47 Å². The van der Waals surface area contributed by atoms with Crippen LogP contribution in [0.15, 0.2) is 29.8 Å². The zero-order valence-electron chi connectivity index (χ0n) is 13.0. The summed E-state index contributed by atoms with van der Waals surface area (Å²) in [6.45, 7) is -0.703. The predicted molar refractivity (Wildman–Crippen MR) is 81.9 cm³/mol. The molecule has 24 heavy (non-hydrogen) atoms. The number of amides is 1. The number of nitrogens with one attached hydrogen (secondary N) is 1. The topological polar surface area (TPSA) is 125 Å². The lowest BCUT2D eigenvalue weighted by Gasteiger charge is -2.37. The Morgan fingerprint density at radius 1 is 1.42 bits per heavy atom. The Kier molecular flexibility index (Phi) is 6.08. The summed E-state index contributed by atoms with van der Waals surface area (Å²) in [6.07, 6.45) is -4.92. The van der Waals surface area contributed by atoms with Gasteiger partial charge in [-0.2, -0.15) is 0 Å². The molecule has 1 aliphatic rings. The Bertz CT molecular complexity index is 637. The van der Waals surface area contributed by atoms with Gasteiger partial charge in [0, 0.05) is 7.05 Å². The molecule has 0 radical (unpaired) electrons. The predicted octanol–water partition coefficient (Wildman–Crippen LogP) is -1.28. The van der Waals surface area contributed by atoms with Crippen LogP contribution in [-0.2, 0) is 14.3 Å². The minimum absolute atomic E-state index is 0.173. The molecule has 0 aliphatic carbocycles. The van der Waals surface area contributed by atoms with Crippen molar-refractivity contribution in [2.75, 3.05) is 20.3 Å². The number of likely N-dealkylation sites (N-methyl/N-ethyl adjacent to an activating group) is 1. The lowest BCUT2D eigenvalue weighted by atomic mass is 9.90. The highest BCUT2D eigenvalue weighted by atomic mass is 16.5. The number of benzene rings is 1. The van der Waals surface area contributed by atoms with Crippen molar-refractivity contribution in [3.05, 3.63) is 35.4 Å². The normalized spacial score (nSPS) is 26.6. The molecule has 0 aromatic heterocycles. The fourth-order valence-electron chi connectivity index (χ4n) is 2.42. The smallest absolute Gasteiger partial charge is 0.257 e. The van der Waals surface area contributed by atoms with Crippen LogP contribution in [0.4, 0.5) is 0 Å². The molecule has 8 nitrogen and oxygen atoms in total. The highest BCUT2D eigenvalue weighted by molar-refractivity contribution is 5.77. The number of hydrogen-bond donors (Lipinski definition) is 4. The van der Waals surface area contributed by atoms with E-state index in [9.17, 15) is 24.9 Å². The van der Waals surface area contributed by atoms with Gasteiger partial charge in [0.15, 0.2) is 6.61 Å². The van der Waals surface area contributed by atoms with Crippen LogP contribution >= 0.6 is 0 Å². The third-order valence-corrected chi connectivity index (χ3v) is 3.73. The van der Waals surface area contributed by atoms with Gasteiger partial charge in [-0.1, -0.05) is 12.1 Å². The average molecular weight is 337 g/mol. The first-order valence-corrected chi connectivity index (χ1v) is 7.32. The van der Waals surface area contributed by atoms with E-state index in [0.29, 0.717) is 11.3 Å². The van der Waals surface area contributed by atoms with Crippen molar-refractivity contribution in [3.8, 4) is 5.75 Å². The van der Waals surface area contributed by atoms with E-state index in [1.165, 1.54) is 13.0 Å². The zero-order chi connectivity index (χ0) is 17.7. The number of aliphatic hydroxyl groups is 3. The van der Waals surface area contributed by atoms with E-state index < -0.39 is 31.0 Å². The fourth-order valence-corrected chi connectivity index (χ4v) is 2.42. The summed E-state index contributed by atoms with van der Waals surface area (Å²) in [6, 6.07) is 6.44. The molecular formula is C16H19NO7. The number of carbonyl (C=O) groups is 1. The number of carbonyl (C=O) groups excluding carboxylic acids is 2. The van der Waals surface area contributed by atoms with Gasteiger partial charge in [0.1, 0.15) is 36.1 Å². The van der Waals surface area contributed by atoms with Crippen molar-refractivity contribution in [1.82, 2.24) is 5.32 Å². The van der Waals surface area contributed by atoms with Gasteiger partial charge in [0.25, 0.3) is 5.91 Å². The minimum atomic E-state index is -1.49. The molecule has 1 aromatic rings. The Morgan fingerprint density at radius 2 is 2.17 bits per heavy atom. The number of ether oxygens (including phenoxy) is 2. The van der Waals surface area contributed by atoms with Gasteiger partial charge in [-0.3, -0.25) is 4.79 Å². The third-order valence-electron chi connectivity index (χ3n) is 3.73. The van der Waals surface area contributed by atoms with E-state index in [1.54, 1.807) is 24.3 Å². The Labute approximate surface area is 138 Å². The summed E-state index contributed by atoms with van der Waals surface area (Å²) in [5, 5.41) is 31.9. The average Bonchev–Trinajstić information content (AvgIpc) is 2.61. The third kappa shape index (κ3) is 3.81. The second kappa shape index (κ2) is 8.05. The Morgan fingerprint density at radius 3 is 2.79 bits per heavy atom.